The molecule has 0 saturated heterocycles. The van der Waals surface area contributed by atoms with Crippen LogP contribution < -0.4 is 11.1 Å². The lowest BCUT2D eigenvalue weighted by atomic mass is 10.1. The van der Waals surface area contributed by atoms with Crippen molar-refractivity contribution in [3.05, 3.63) is 64.4 Å². The predicted molar refractivity (Wildman–Crippen MR) is 88.8 cm³/mol. The summed E-state index contributed by atoms with van der Waals surface area (Å²) in [6, 6.07) is 11.8. The second kappa shape index (κ2) is 7.92. The molecule has 1 unspecified atom stereocenters. The van der Waals surface area contributed by atoms with E-state index in [1.54, 1.807) is 12.3 Å². The summed E-state index contributed by atoms with van der Waals surface area (Å²) in [5.41, 5.74) is 7.79. The van der Waals surface area contributed by atoms with Crippen LogP contribution in [0.25, 0.3) is 0 Å². The summed E-state index contributed by atoms with van der Waals surface area (Å²) >= 11 is 5.87. The van der Waals surface area contributed by atoms with E-state index in [1.165, 1.54) is 5.56 Å². The lowest BCUT2D eigenvalue weighted by molar-refractivity contribution is 0.0995. The number of carbonyl (C=O) groups is 1. The van der Waals surface area contributed by atoms with Crippen LogP contribution in [0.4, 0.5) is 0 Å². The molecule has 1 atom stereocenters. The molecule has 0 radical (unpaired) electrons. The molecule has 116 valence electrons. The molecule has 0 aliphatic heterocycles. The van der Waals surface area contributed by atoms with E-state index in [1.807, 2.05) is 30.3 Å². The van der Waals surface area contributed by atoms with Crippen LogP contribution in [-0.4, -0.2) is 16.9 Å². The van der Waals surface area contributed by atoms with Gasteiger partial charge in [0.2, 0.25) is 0 Å². The van der Waals surface area contributed by atoms with E-state index in [0.29, 0.717) is 11.7 Å². The highest BCUT2D eigenvalue weighted by atomic mass is 35.5. The first-order valence-electron chi connectivity index (χ1n) is 7.27. The normalized spacial score (nSPS) is 12.1. The van der Waals surface area contributed by atoms with E-state index < -0.39 is 5.91 Å². The molecule has 1 aromatic heterocycles. The fourth-order valence-corrected chi connectivity index (χ4v) is 2.22. The van der Waals surface area contributed by atoms with Crippen LogP contribution >= 0.6 is 11.6 Å². The van der Waals surface area contributed by atoms with Crippen molar-refractivity contribution < 1.29 is 4.79 Å². The molecule has 1 aromatic carbocycles. The Morgan fingerprint density at radius 3 is 2.50 bits per heavy atom. The van der Waals surface area contributed by atoms with Crippen LogP contribution in [0.5, 0.6) is 0 Å². The van der Waals surface area contributed by atoms with E-state index in [2.05, 4.69) is 17.2 Å². The van der Waals surface area contributed by atoms with Gasteiger partial charge in [-0.2, -0.15) is 0 Å². The van der Waals surface area contributed by atoms with Crippen molar-refractivity contribution in [1.82, 2.24) is 10.3 Å². The van der Waals surface area contributed by atoms with Crippen LogP contribution in [0.2, 0.25) is 5.02 Å². The molecule has 5 heteroatoms. The van der Waals surface area contributed by atoms with Gasteiger partial charge in [0.25, 0.3) is 5.91 Å². The summed E-state index contributed by atoms with van der Waals surface area (Å²) < 4.78 is 0. The van der Waals surface area contributed by atoms with E-state index in [4.69, 9.17) is 17.3 Å². The van der Waals surface area contributed by atoms with Gasteiger partial charge < -0.3 is 11.1 Å². The summed E-state index contributed by atoms with van der Waals surface area (Å²) in [6.07, 6.45) is 3.61. The molecule has 0 aliphatic carbocycles. The second-order valence-electron chi connectivity index (χ2n) is 5.36. The average Bonchev–Trinajstić information content (AvgIpc) is 2.52. The summed E-state index contributed by atoms with van der Waals surface area (Å²) in [4.78, 5) is 15.0. The predicted octanol–water partition coefficient (Wildman–Crippen LogP) is 2.94. The van der Waals surface area contributed by atoms with Crippen molar-refractivity contribution in [2.24, 2.45) is 5.73 Å². The number of nitrogens with two attached hydrogens (primary N) is 1. The Morgan fingerprint density at radius 1 is 1.23 bits per heavy atom. The molecule has 2 aromatic rings. The van der Waals surface area contributed by atoms with Crippen molar-refractivity contribution >= 4 is 17.5 Å². The third kappa shape index (κ3) is 5.13. The minimum absolute atomic E-state index is 0.303. The average molecular weight is 318 g/mol. The zero-order valence-corrected chi connectivity index (χ0v) is 13.3. The molecule has 0 spiro atoms. The van der Waals surface area contributed by atoms with Crippen LogP contribution in [-0.2, 0) is 13.0 Å². The molecule has 0 fully saturated rings. The van der Waals surface area contributed by atoms with Crippen molar-refractivity contribution in [3.63, 3.8) is 0 Å². The molecule has 0 bridgehead atoms. The summed E-state index contributed by atoms with van der Waals surface area (Å²) in [7, 11) is 0. The van der Waals surface area contributed by atoms with Crippen LogP contribution in [0, 0.1) is 0 Å². The molecule has 22 heavy (non-hydrogen) atoms. The maximum Gasteiger partial charge on any atom is 0.267 e. The van der Waals surface area contributed by atoms with Gasteiger partial charge in [0.1, 0.15) is 5.69 Å². The van der Waals surface area contributed by atoms with Crippen LogP contribution in [0.1, 0.15) is 35.0 Å². The number of aryl methyl sites for hydroxylation is 1. The van der Waals surface area contributed by atoms with Crippen LogP contribution in [0.15, 0.2) is 42.6 Å². The smallest absolute Gasteiger partial charge is 0.267 e. The number of rotatable bonds is 7. The van der Waals surface area contributed by atoms with Crippen molar-refractivity contribution in [3.8, 4) is 0 Å². The number of hydrogen-bond donors (Lipinski definition) is 2. The zero-order chi connectivity index (χ0) is 15.9. The van der Waals surface area contributed by atoms with Gasteiger partial charge in [0, 0.05) is 23.8 Å². The molecule has 4 nitrogen and oxygen atoms in total. The fourth-order valence-electron chi connectivity index (χ4n) is 2.10. The summed E-state index contributed by atoms with van der Waals surface area (Å²) in [5.74, 6) is -0.496. The number of nitrogens with zero attached hydrogens (tertiary/aromatic N) is 1. The van der Waals surface area contributed by atoms with Gasteiger partial charge in [-0.05, 0) is 49.1 Å². The number of carbonyl (C=O) groups excluding carboxylic acids is 1. The Kier molecular flexibility index (Phi) is 5.92. The third-order valence-corrected chi connectivity index (χ3v) is 3.76. The fraction of sp³-hybridized carbons (Fsp3) is 0.294. The molecule has 0 saturated carbocycles. The van der Waals surface area contributed by atoms with Crippen molar-refractivity contribution in [1.29, 1.82) is 0 Å². The molecule has 1 amide bonds. The first-order valence-corrected chi connectivity index (χ1v) is 7.65. The molecule has 1 heterocycles. The molecule has 2 rings (SSSR count). The maximum absolute atomic E-state index is 11.0. The zero-order valence-electron chi connectivity index (χ0n) is 12.6. The molecule has 3 N–H and O–H groups in total. The highest BCUT2D eigenvalue weighted by Gasteiger charge is 2.05. The van der Waals surface area contributed by atoms with Crippen molar-refractivity contribution in [2.75, 3.05) is 0 Å². The Balaban J connectivity index is 1.76. The van der Waals surface area contributed by atoms with Gasteiger partial charge in [0.05, 0.1) is 0 Å². The lowest BCUT2D eigenvalue weighted by Gasteiger charge is -2.14. The number of aromatic nitrogens is 1. The standard InChI is InChI=1S/C17H20ClN3O/c1-12(20-10-14-4-7-15(18)8-5-14)2-3-13-6-9-16(17(19)22)21-11-13/h4-9,11-12,20H,2-3,10H2,1H3,(H2,19,22). The van der Waals surface area contributed by atoms with Gasteiger partial charge in [-0.3, -0.25) is 9.78 Å². The van der Waals surface area contributed by atoms with E-state index in [-0.39, 0.29) is 0 Å². The van der Waals surface area contributed by atoms with E-state index in [0.717, 1.165) is 30.0 Å². The SMILES string of the molecule is CC(CCc1ccc(C(N)=O)nc1)NCc1ccc(Cl)cc1. The lowest BCUT2D eigenvalue weighted by Crippen LogP contribution is -2.26. The quantitative estimate of drug-likeness (QED) is 0.825. The topological polar surface area (TPSA) is 68.0 Å². The number of primary amides is 1. The largest absolute Gasteiger partial charge is 0.364 e. The Morgan fingerprint density at radius 2 is 1.91 bits per heavy atom. The monoisotopic (exact) mass is 317 g/mol. The number of benzene rings is 1. The minimum atomic E-state index is -0.496. The number of halogens is 1. The van der Waals surface area contributed by atoms with Gasteiger partial charge in [-0.1, -0.05) is 29.8 Å². The summed E-state index contributed by atoms with van der Waals surface area (Å²) in [6.45, 7) is 2.97. The summed E-state index contributed by atoms with van der Waals surface area (Å²) in [5, 5.41) is 4.23. The van der Waals surface area contributed by atoms with Gasteiger partial charge in [0.15, 0.2) is 0 Å². The number of hydrogen-bond acceptors (Lipinski definition) is 3. The van der Waals surface area contributed by atoms with Gasteiger partial charge in [-0.15, -0.1) is 0 Å². The van der Waals surface area contributed by atoms with Gasteiger partial charge in [-0.25, -0.2) is 0 Å². The highest BCUT2D eigenvalue weighted by molar-refractivity contribution is 6.30. The first-order chi connectivity index (χ1) is 10.5. The maximum atomic E-state index is 11.0. The van der Waals surface area contributed by atoms with Crippen LogP contribution in [0.3, 0.4) is 0 Å². The van der Waals surface area contributed by atoms with E-state index >= 15 is 0 Å². The Bertz CT molecular complexity index is 611. The van der Waals surface area contributed by atoms with E-state index in [9.17, 15) is 4.79 Å². The van der Waals surface area contributed by atoms with Crippen molar-refractivity contribution in [2.45, 2.75) is 32.4 Å². The molecular weight excluding hydrogens is 298 g/mol. The Labute approximate surface area is 135 Å². The second-order valence-corrected chi connectivity index (χ2v) is 5.80. The number of amides is 1. The Hall–Kier alpha value is -1.91. The van der Waals surface area contributed by atoms with Gasteiger partial charge >= 0.3 is 0 Å². The molecular formula is C17H20ClN3O. The molecule has 0 aliphatic rings. The minimum Gasteiger partial charge on any atom is -0.364 e. The number of nitrogens with one attached hydrogen (secondary N) is 1. The first kappa shape index (κ1) is 16.5. The third-order valence-electron chi connectivity index (χ3n) is 3.51. The highest BCUT2D eigenvalue weighted by Crippen LogP contribution is 2.10. The number of pyridine rings is 1.